The molecule has 0 aliphatic heterocycles. The van der Waals surface area contributed by atoms with Crippen molar-refractivity contribution in [2.45, 2.75) is 13.5 Å². The van der Waals surface area contributed by atoms with Gasteiger partial charge in [0, 0.05) is 23.2 Å². The average molecular weight is 379 g/mol. The number of fused-ring (bicyclic) bond motifs is 1. The molecule has 0 fully saturated rings. The van der Waals surface area contributed by atoms with Crippen LogP contribution < -0.4 is 20.4 Å². The summed E-state index contributed by atoms with van der Waals surface area (Å²) in [4.78, 5) is 11.5. The summed E-state index contributed by atoms with van der Waals surface area (Å²) in [5.41, 5.74) is 1.71. The van der Waals surface area contributed by atoms with Crippen LogP contribution in [-0.4, -0.2) is 17.3 Å². The summed E-state index contributed by atoms with van der Waals surface area (Å²) < 4.78 is 21.5. The van der Waals surface area contributed by atoms with E-state index in [1.54, 1.807) is 19.2 Å². The Labute approximate surface area is 159 Å². The Morgan fingerprint density at radius 1 is 1.00 bits per heavy atom. The number of hydrogen-bond acceptors (Lipinski definition) is 8. The lowest BCUT2D eigenvalue weighted by Gasteiger charge is -2.05. The molecular formula is C20H17N3O5. The topological polar surface area (TPSA) is 99.6 Å². The van der Waals surface area contributed by atoms with Gasteiger partial charge in [-0.3, -0.25) is 0 Å². The largest absolute Gasteiger partial charge is 0.497 e. The van der Waals surface area contributed by atoms with Gasteiger partial charge >= 0.3 is 11.6 Å². The van der Waals surface area contributed by atoms with Gasteiger partial charge in [0.15, 0.2) is 6.61 Å². The van der Waals surface area contributed by atoms with Gasteiger partial charge in [-0.25, -0.2) is 4.79 Å². The van der Waals surface area contributed by atoms with E-state index in [-0.39, 0.29) is 12.6 Å². The standard InChI is InChI=1S/C20H17N3O5/c1-12-9-19(24)27-17-10-15(7-8-16(12)17)26-11-18-22-23-20(28-18)21-13-3-5-14(25-2)6-4-13/h3-10H,11H2,1-2H3,(H,21,23). The van der Waals surface area contributed by atoms with Gasteiger partial charge in [0.1, 0.15) is 17.1 Å². The highest BCUT2D eigenvalue weighted by Crippen LogP contribution is 2.23. The third-order valence-corrected chi connectivity index (χ3v) is 4.09. The molecule has 2 aromatic carbocycles. The molecular weight excluding hydrogens is 362 g/mol. The molecule has 1 N–H and O–H groups in total. The number of methoxy groups -OCH3 is 1. The first-order chi connectivity index (χ1) is 13.6. The lowest BCUT2D eigenvalue weighted by molar-refractivity contribution is 0.265. The smallest absolute Gasteiger partial charge is 0.336 e. The van der Waals surface area contributed by atoms with Gasteiger partial charge in [0.25, 0.3) is 5.89 Å². The SMILES string of the molecule is COc1ccc(Nc2nnc(COc3ccc4c(C)cc(=O)oc4c3)o2)cc1. The molecule has 8 heteroatoms. The van der Waals surface area contributed by atoms with Crippen LogP contribution in [0.2, 0.25) is 0 Å². The number of anilines is 2. The maximum absolute atomic E-state index is 11.5. The highest BCUT2D eigenvalue weighted by molar-refractivity contribution is 5.81. The van der Waals surface area contributed by atoms with Gasteiger partial charge < -0.3 is 23.6 Å². The Morgan fingerprint density at radius 3 is 2.57 bits per heavy atom. The van der Waals surface area contributed by atoms with Crippen molar-refractivity contribution in [1.82, 2.24) is 10.2 Å². The van der Waals surface area contributed by atoms with Crippen molar-refractivity contribution in [3.63, 3.8) is 0 Å². The zero-order valence-electron chi connectivity index (χ0n) is 15.3. The molecule has 0 unspecified atom stereocenters. The Hall–Kier alpha value is -3.81. The molecule has 4 aromatic rings. The van der Waals surface area contributed by atoms with Gasteiger partial charge in [-0.1, -0.05) is 5.10 Å². The van der Waals surface area contributed by atoms with Crippen molar-refractivity contribution in [2.75, 3.05) is 12.4 Å². The summed E-state index contributed by atoms with van der Waals surface area (Å²) in [6.45, 7) is 1.94. The minimum Gasteiger partial charge on any atom is -0.497 e. The first-order valence-electron chi connectivity index (χ1n) is 8.51. The number of aryl methyl sites for hydroxylation is 1. The highest BCUT2D eigenvalue weighted by atomic mass is 16.5. The van der Waals surface area contributed by atoms with Crippen LogP contribution in [-0.2, 0) is 6.61 Å². The first-order valence-corrected chi connectivity index (χ1v) is 8.51. The van der Waals surface area contributed by atoms with E-state index in [4.69, 9.17) is 18.3 Å². The van der Waals surface area contributed by atoms with Crippen molar-refractivity contribution in [2.24, 2.45) is 0 Å². The number of aromatic nitrogens is 2. The fraction of sp³-hybridized carbons (Fsp3) is 0.150. The van der Waals surface area contributed by atoms with E-state index in [0.717, 1.165) is 22.4 Å². The third-order valence-electron chi connectivity index (χ3n) is 4.09. The van der Waals surface area contributed by atoms with Crippen LogP contribution in [0.3, 0.4) is 0 Å². The number of nitrogens with zero attached hydrogens (tertiary/aromatic N) is 2. The van der Waals surface area contributed by atoms with E-state index >= 15 is 0 Å². The van der Waals surface area contributed by atoms with E-state index in [0.29, 0.717) is 17.2 Å². The maximum atomic E-state index is 11.5. The number of ether oxygens (including phenoxy) is 2. The van der Waals surface area contributed by atoms with Crippen LogP contribution in [0.15, 0.2) is 62.2 Å². The van der Waals surface area contributed by atoms with E-state index < -0.39 is 5.63 Å². The molecule has 0 atom stereocenters. The number of rotatable bonds is 6. The molecule has 0 saturated heterocycles. The molecule has 0 spiro atoms. The second-order valence-corrected chi connectivity index (χ2v) is 6.05. The van der Waals surface area contributed by atoms with Crippen LogP contribution in [0.4, 0.5) is 11.7 Å². The maximum Gasteiger partial charge on any atom is 0.336 e. The average Bonchev–Trinajstić information content (AvgIpc) is 3.14. The lowest BCUT2D eigenvalue weighted by Crippen LogP contribution is -1.99. The Kier molecular flexibility index (Phi) is 4.67. The quantitative estimate of drug-likeness (QED) is 0.505. The molecule has 2 aromatic heterocycles. The number of benzene rings is 2. The normalized spacial score (nSPS) is 10.8. The molecule has 0 aliphatic rings. The molecule has 8 nitrogen and oxygen atoms in total. The van der Waals surface area contributed by atoms with Crippen molar-refractivity contribution < 1.29 is 18.3 Å². The van der Waals surface area contributed by atoms with Gasteiger partial charge in [-0.05, 0) is 48.9 Å². The minimum absolute atomic E-state index is 0.0822. The van der Waals surface area contributed by atoms with Gasteiger partial charge in [-0.2, -0.15) is 0 Å². The minimum atomic E-state index is -0.395. The molecule has 0 saturated carbocycles. The zero-order valence-corrected chi connectivity index (χ0v) is 15.3. The van der Waals surface area contributed by atoms with Crippen LogP contribution in [0.5, 0.6) is 11.5 Å². The second-order valence-electron chi connectivity index (χ2n) is 6.05. The third kappa shape index (κ3) is 3.80. The molecule has 4 rings (SSSR count). The van der Waals surface area contributed by atoms with E-state index in [2.05, 4.69) is 15.5 Å². The predicted octanol–water partition coefficient (Wildman–Crippen LogP) is 3.82. The Morgan fingerprint density at radius 2 is 1.79 bits per heavy atom. The summed E-state index contributed by atoms with van der Waals surface area (Å²) in [6, 6.07) is 14.3. The Balaban J connectivity index is 1.42. The monoisotopic (exact) mass is 379 g/mol. The molecule has 0 amide bonds. The van der Waals surface area contributed by atoms with Crippen LogP contribution in [0.25, 0.3) is 11.0 Å². The zero-order chi connectivity index (χ0) is 19.5. The summed E-state index contributed by atoms with van der Waals surface area (Å²) in [7, 11) is 1.61. The summed E-state index contributed by atoms with van der Waals surface area (Å²) >= 11 is 0. The summed E-state index contributed by atoms with van der Waals surface area (Å²) in [5, 5.41) is 11.8. The van der Waals surface area contributed by atoms with Gasteiger partial charge in [0.05, 0.1) is 7.11 Å². The first kappa shape index (κ1) is 17.6. The van der Waals surface area contributed by atoms with Gasteiger partial charge in [-0.15, -0.1) is 5.10 Å². The molecule has 0 radical (unpaired) electrons. The summed E-state index contributed by atoms with van der Waals surface area (Å²) in [5.74, 6) is 1.59. The predicted molar refractivity (Wildman–Crippen MR) is 102 cm³/mol. The van der Waals surface area contributed by atoms with Crippen molar-refractivity contribution in [3.05, 3.63) is 70.4 Å². The number of nitrogens with one attached hydrogen (secondary N) is 1. The second kappa shape index (κ2) is 7.43. The van der Waals surface area contributed by atoms with Crippen molar-refractivity contribution in [3.8, 4) is 11.5 Å². The lowest BCUT2D eigenvalue weighted by atomic mass is 10.1. The molecule has 2 heterocycles. The van der Waals surface area contributed by atoms with Crippen LogP contribution in [0, 0.1) is 6.92 Å². The highest BCUT2D eigenvalue weighted by Gasteiger charge is 2.09. The molecule has 28 heavy (non-hydrogen) atoms. The fourth-order valence-electron chi connectivity index (χ4n) is 2.70. The van der Waals surface area contributed by atoms with E-state index in [9.17, 15) is 4.79 Å². The molecule has 0 aliphatic carbocycles. The van der Waals surface area contributed by atoms with Crippen LogP contribution >= 0.6 is 0 Å². The Bertz CT molecular complexity index is 1160. The van der Waals surface area contributed by atoms with Crippen LogP contribution in [0.1, 0.15) is 11.5 Å². The fourth-order valence-corrected chi connectivity index (χ4v) is 2.70. The summed E-state index contributed by atoms with van der Waals surface area (Å²) in [6.07, 6.45) is 0. The van der Waals surface area contributed by atoms with Crippen molar-refractivity contribution >= 4 is 22.7 Å². The van der Waals surface area contributed by atoms with Crippen molar-refractivity contribution in [1.29, 1.82) is 0 Å². The number of hydrogen-bond donors (Lipinski definition) is 1. The van der Waals surface area contributed by atoms with E-state index in [1.165, 1.54) is 6.07 Å². The molecule has 142 valence electrons. The van der Waals surface area contributed by atoms with E-state index in [1.807, 2.05) is 37.3 Å². The van der Waals surface area contributed by atoms with Gasteiger partial charge in [0.2, 0.25) is 0 Å². The molecule has 0 bridgehead atoms.